The van der Waals surface area contributed by atoms with Gasteiger partial charge in [-0.3, -0.25) is 0 Å². The molecule has 0 N–H and O–H groups in total. The van der Waals surface area contributed by atoms with Gasteiger partial charge in [-0.25, -0.2) is 8.42 Å². The van der Waals surface area contributed by atoms with E-state index in [4.69, 9.17) is 23.2 Å². The number of nitrogens with zero attached hydrogens (tertiary/aromatic N) is 1. The van der Waals surface area contributed by atoms with Crippen LogP contribution in [0.5, 0.6) is 0 Å². The van der Waals surface area contributed by atoms with E-state index in [2.05, 4.69) is 0 Å². The molecule has 0 aromatic heterocycles. The lowest BCUT2D eigenvalue weighted by Gasteiger charge is -2.23. The zero-order valence-electron chi connectivity index (χ0n) is 13.4. The SMILES string of the molecule is O=S(=O)(c1ccc(Cl)cc1)c1cc(Cl)c(C(F)(F)F)cc1N1CCCC1. The Kier molecular flexibility index (Phi) is 5.16. The van der Waals surface area contributed by atoms with Crippen LogP contribution in [0.3, 0.4) is 0 Å². The number of hydrogen-bond acceptors (Lipinski definition) is 3. The van der Waals surface area contributed by atoms with E-state index in [0.29, 0.717) is 18.1 Å². The smallest absolute Gasteiger partial charge is 0.370 e. The maximum Gasteiger partial charge on any atom is 0.417 e. The second kappa shape index (κ2) is 6.94. The Morgan fingerprint density at radius 3 is 2.08 bits per heavy atom. The molecule has 0 saturated carbocycles. The molecule has 1 aliphatic heterocycles. The van der Waals surface area contributed by atoms with E-state index in [0.717, 1.165) is 25.0 Å². The van der Waals surface area contributed by atoms with Gasteiger partial charge in [0.05, 0.1) is 26.1 Å². The van der Waals surface area contributed by atoms with Crippen molar-refractivity contribution in [3.05, 3.63) is 52.0 Å². The molecule has 3 rings (SSSR count). The number of hydrogen-bond donors (Lipinski definition) is 0. The van der Waals surface area contributed by atoms with Crippen LogP contribution in [-0.4, -0.2) is 21.5 Å². The van der Waals surface area contributed by atoms with E-state index in [9.17, 15) is 21.6 Å². The van der Waals surface area contributed by atoms with Crippen LogP contribution in [0.2, 0.25) is 10.0 Å². The van der Waals surface area contributed by atoms with Crippen molar-refractivity contribution in [3.8, 4) is 0 Å². The van der Waals surface area contributed by atoms with Crippen molar-refractivity contribution in [1.82, 2.24) is 0 Å². The molecule has 1 heterocycles. The average molecular weight is 424 g/mol. The normalized spacial score (nSPS) is 15.5. The minimum absolute atomic E-state index is 0.0224. The molecule has 0 unspecified atom stereocenters. The van der Waals surface area contributed by atoms with Gasteiger partial charge in [0.2, 0.25) is 9.84 Å². The highest BCUT2D eigenvalue weighted by Gasteiger charge is 2.37. The molecule has 1 fully saturated rings. The van der Waals surface area contributed by atoms with Crippen molar-refractivity contribution in [2.45, 2.75) is 28.8 Å². The predicted molar refractivity (Wildman–Crippen MR) is 94.8 cm³/mol. The van der Waals surface area contributed by atoms with E-state index >= 15 is 0 Å². The number of benzene rings is 2. The molecule has 2 aromatic rings. The highest BCUT2D eigenvalue weighted by atomic mass is 35.5. The van der Waals surface area contributed by atoms with Crippen LogP contribution in [0.4, 0.5) is 18.9 Å². The van der Waals surface area contributed by atoms with Gasteiger partial charge in [-0.1, -0.05) is 23.2 Å². The maximum atomic E-state index is 13.2. The lowest BCUT2D eigenvalue weighted by Crippen LogP contribution is -2.22. The van der Waals surface area contributed by atoms with Gasteiger partial charge < -0.3 is 4.90 Å². The summed E-state index contributed by atoms with van der Waals surface area (Å²) in [5.74, 6) is 0. The first-order chi connectivity index (χ1) is 12.1. The summed E-state index contributed by atoms with van der Waals surface area (Å²) in [6.45, 7) is 0.976. The Bertz CT molecular complexity index is 922. The molecule has 1 saturated heterocycles. The summed E-state index contributed by atoms with van der Waals surface area (Å²) in [5, 5.41) is -0.290. The van der Waals surface area contributed by atoms with E-state index < -0.39 is 26.6 Å². The third kappa shape index (κ3) is 3.66. The van der Waals surface area contributed by atoms with Crippen molar-refractivity contribution in [2.75, 3.05) is 18.0 Å². The lowest BCUT2D eigenvalue weighted by molar-refractivity contribution is -0.137. The topological polar surface area (TPSA) is 37.4 Å². The van der Waals surface area contributed by atoms with Gasteiger partial charge in [-0.05, 0) is 49.2 Å². The van der Waals surface area contributed by atoms with E-state index in [-0.39, 0.29) is 15.5 Å². The van der Waals surface area contributed by atoms with E-state index in [1.165, 1.54) is 24.3 Å². The Morgan fingerprint density at radius 2 is 1.54 bits per heavy atom. The van der Waals surface area contributed by atoms with Crippen LogP contribution in [-0.2, 0) is 16.0 Å². The molecule has 0 spiro atoms. The van der Waals surface area contributed by atoms with Crippen LogP contribution < -0.4 is 4.90 Å². The first kappa shape index (κ1) is 19.3. The van der Waals surface area contributed by atoms with Gasteiger partial charge in [0.25, 0.3) is 0 Å². The average Bonchev–Trinajstić information content (AvgIpc) is 3.08. The minimum Gasteiger partial charge on any atom is -0.370 e. The number of alkyl halides is 3. The minimum atomic E-state index is -4.67. The van der Waals surface area contributed by atoms with Crippen molar-refractivity contribution in [2.24, 2.45) is 0 Å². The number of anilines is 1. The second-order valence-electron chi connectivity index (χ2n) is 5.95. The maximum absolute atomic E-state index is 13.2. The number of rotatable bonds is 3. The molecular formula is C17H14Cl2F3NO2S. The van der Waals surface area contributed by atoms with E-state index in [1.807, 2.05) is 0 Å². The van der Waals surface area contributed by atoms with Crippen molar-refractivity contribution >= 4 is 38.7 Å². The Hall–Kier alpha value is -1.44. The van der Waals surface area contributed by atoms with Crippen molar-refractivity contribution in [3.63, 3.8) is 0 Å². The summed E-state index contributed by atoms with van der Waals surface area (Å²) in [5.41, 5.74) is -1.02. The third-order valence-electron chi connectivity index (χ3n) is 4.21. The molecule has 3 nitrogen and oxygen atoms in total. The van der Waals surface area contributed by atoms with Crippen molar-refractivity contribution < 1.29 is 21.6 Å². The molecule has 0 radical (unpaired) electrons. The molecule has 26 heavy (non-hydrogen) atoms. The molecule has 0 atom stereocenters. The standard InChI is InChI=1S/C17H14Cl2F3NO2S/c18-11-3-5-12(6-4-11)26(24,25)16-10-14(19)13(17(20,21)22)9-15(16)23-7-1-2-8-23/h3-6,9-10H,1-2,7-8H2. The zero-order valence-corrected chi connectivity index (χ0v) is 15.7. The fourth-order valence-corrected chi connectivity index (χ4v) is 4.87. The van der Waals surface area contributed by atoms with Gasteiger partial charge in [-0.2, -0.15) is 13.2 Å². The molecule has 140 valence electrons. The van der Waals surface area contributed by atoms with Gasteiger partial charge >= 0.3 is 6.18 Å². The highest BCUT2D eigenvalue weighted by molar-refractivity contribution is 7.91. The summed E-state index contributed by atoms with van der Waals surface area (Å²) in [7, 11) is -4.06. The first-order valence-corrected chi connectivity index (χ1v) is 10.0. The van der Waals surface area contributed by atoms with Crippen LogP contribution >= 0.6 is 23.2 Å². The van der Waals surface area contributed by atoms with E-state index in [1.54, 1.807) is 4.90 Å². The summed E-state index contributed by atoms with van der Waals surface area (Å²) in [6.07, 6.45) is -3.11. The summed E-state index contributed by atoms with van der Waals surface area (Å²) >= 11 is 11.6. The molecule has 1 aliphatic rings. The Morgan fingerprint density at radius 1 is 0.962 bits per heavy atom. The fraction of sp³-hybridized carbons (Fsp3) is 0.294. The zero-order chi connectivity index (χ0) is 19.1. The van der Waals surface area contributed by atoms with Crippen LogP contribution in [0.1, 0.15) is 18.4 Å². The Balaban J connectivity index is 2.22. The largest absolute Gasteiger partial charge is 0.417 e. The second-order valence-corrected chi connectivity index (χ2v) is 8.71. The Labute approximate surface area is 159 Å². The monoisotopic (exact) mass is 423 g/mol. The summed E-state index contributed by atoms with van der Waals surface area (Å²) in [6, 6.07) is 7.18. The lowest BCUT2D eigenvalue weighted by atomic mass is 10.1. The number of halogens is 5. The molecule has 0 amide bonds. The summed E-state index contributed by atoms with van der Waals surface area (Å²) < 4.78 is 65.8. The number of sulfone groups is 1. The van der Waals surface area contributed by atoms with Gasteiger partial charge in [0.1, 0.15) is 0 Å². The first-order valence-electron chi connectivity index (χ1n) is 7.77. The van der Waals surface area contributed by atoms with Gasteiger partial charge in [0.15, 0.2) is 0 Å². The van der Waals surface area contributed by atoms with Gasteiger partial charge in [0, 0.05) is 18.1 Å². The molecular weight excluding hydrogens is 410 g/mol. The molecule has 9 heteroatoms. The molecule has 2 aromatic carbocycles. The molecule has 0 aliphatic carbocycles. The van der Waals surface area contributed by atoms with Crippen molar-refractivity contribution in [1.29, 1.82) is 0 Å². The third-order valence-corrected chi connectivity index (χ3v) is 6.58. The van der Waals surface area contributed by atoms with Crippen LogP contribution in [0.15, 0.2) is 46.2 Å². The van der Waals surface area contributed by atoms with Crippen LogP contribution in [0.25, 0.3) is 0 Å². The quantitative estimate of drug-likeness (QED) is 0.658. The fourth-order valence-electron chi connectivity index (χ4n) is 2.92. The van der Waals surface area contributed by atoms with Gasteiger partial charge in [-0.15, -0.1) is 0 Å². The highest BCUT2D eigenvalue weighted by Crippen LogP contribution is 2.42. The van der Waals surface area contributed by atoms with Crippen LogP contribution in [0, 0.1) is 0 Å². The molecule has 0 bridgehead atoms. The summed E-state index contributed by atoms with van der Waals surface area (Å²) in [4.78, 5) is 1.35. The predicted octanol–water partition coefficient (Wildman–Crippen LogP) is 5.45.